The van der Waals surface area contributed by atoms with E-state index in [9.17, 15) is 9.59 Å². The summed E-state index contributed by atoms with van der Waals surface area (Å²) in [5.41, 5.74) is 1.82. The number of hydrogen-bond donors (Lipinski definition) is 1. The van der Waals surface area contributed by atoms with Crippen molar-refractivity contribution in [2.45, 2.75) is 63.5 Å². The number of ether oxygens (including phenoxy) is 2. The number of nitrogens with zero attached hydrogens (tertiary/aromatic N) is 1. The highest BCUT2D eigenvalue weighted by atomic mass is 16.5. The van der Waals surface area contributed by atoms with Crippen LogP contribution in [-0.2, 0) is 16.7 Å². The Morgan fingerprint density at radius 2 is 1.94 bits per heavy atom. The highest BCUT2D eigenvalue weighted by Gasteiger charge is 2.36. The van der Waals surface area contributed by atoms with Crippen LogP contribution in [-0.4, -0.2) is 36.8 Å². The van der Waals surface area contributed by atoms with Crippen LogP contribution in [0.1, 0.15) is 60.0 Å². The first-order valence-corrected chi connectivity index (χ1v) is 11.3. The van der Waals surface area contributed by atoms with Crippen LogP contribution >= 0.6 is 0 Å². The molecule has 1 aromatic carbocycles. The molecule has 6 nitrogen and oxygen atoms in total. The van der Waals surface area contributed by atoms with Gasteiger partial charge < -0.3 is 19.4 Å². The fourth-order valence-electron chi connectivity index (χ4n) is 4.99. The maximum Gasteiger partial charge on any atom is 0.263 e. The molecule has 6 heteroatoms. The zero-order valence-corrected chi connectivity index (χ0v) is 18.5. The topological polar surface area (TPSA) is 69.6 Å². The van der Waals surface area contributed by atoms with E-state index in [-0.39, 0.29) is 28.5 Å². The number of methoxy groups -OCH3 is 1. The van der Waals surface area contributed by atoms with Gasteiger partial charge >= 0.3 is 0 Å². The van der Waals surface area contributed by atoms with Gasteiger partial charge in [0, 0.05) is 24.8 Å². The van der Waals surface area contributed by atoms with Gasteiger partial charge in [0.2, 0.25) is 0 Å². The predicted octanol–water partition coefficient (Wildman–Crippen LogP) is 3.59. The Kier molecular flexibility index (Phi) is 6.46. The number of nitrogens with one attached hydrogen (secondary N) is 1. The highest BCUT2D eigenvalue weighted by molar-refractivity contribution is 5.95. The van der Waals surface area contributed by atoms with Crippen LogP contribution in [0.15, 0.2) is 41.3 Å². The number of amides is 1. The quantitative estimate of drug-likeness (QED) is 0.738. The van der Waals surface area contributed by atoms with Crippen LogP contribution < -0.4 is 15.6 Å². The molecule has 1 N–H and O–H groups in total. The summed E-state index contributed by atoms with van der Waals surface area (Å²) in [6, 6.07) is 9.99. The summed E-state index contributed by atoms with van der Waals surface area (Å²) >= 11 is 0. The smallest absolute Gasteiger partial charge is 0.263 e. The summed E-state index contributed by atoms with van der Waals surface area (Å²) in [5.74, 6) is 0.539. The van der Waals surface area contributed by atoms with Gasteiger partial charge in [-0.2, -0.15) is 0 Å². The van der Waals surface area contributed by atoms with Crippen molar-refractivity contribution in [2.24, 2.45) is 0 Å². The van der Waals surface area contributed by atoms with Crippen LogP contribution in [0.4, 0.5) is 0 Å². The lowest BCUT2D eigenvalue weighted by atomic mass is 9.78. The van der Waals surface area contributed by atoms with Crippen molar-refractivity contribution in [3.63, 3.8) is 0 Å². The first kappa shape index (κ1) is 21.6. The molecule has 0 bridgehead atoms. The lowest BCUT2D eigenvalue weighted by Gasteiger charge is -2.30. The van der Waals surface area contributed by atoms with Crippen molar-refractivity contribution >= 4 is 5.91 Å². The van der Waals surface area contributed by atoms with Crippen LogP contribution in [0.5, 0.6) is 5.75 Å². The Morgan fingerprint density at radius 3 is 2.58 bits per heavy atom. The van der Waals surface area contributed by atoms with Crippen molar-refractivity contribution < 1.29 is 14.3 Å². The molecule has 0 spiro atoms. The second-order valence-electron chi connectivity index (χ2n) is 8.86. The molecular formula is C25H32N2O4. The lowest BCUT2D eigenvalue weighted by molar-refractivity contribution is 0.0923. The fraction of sp³-hybridized carbons (Fsp3) is 0.520. The largest absolute Gasteiger partial charge is 0.497 e. The summed E-state index contributed by atoms with van der Waals surface area (Å²) in [4.78, 5) is 26.2. The second-order valence-corrected chi connectivity index (χ2v) is 8.86. The van der Waals surface area contributed by atoms with Crippen LogP contribution in [0.2, 0.25) is 0 Å². The minimum absolute atomic E-state index is 0.0492. The Bertz CT molecular complexity index is 968. The standard InChI is InChI=1S/C25H32N2O4/c1-18-11-14-27(16-21-6-5-15-31-21)24(29)22(18)23(28)26-17-25(12-3-4-13-25)19-7-9-20(30-2)10-8-19/h7-11,14,21H,3-6,12-13,15-17H2,1-2H3,(H,26,28). The van der Waals surface area contributed by atoms with E-state index in [1.807, 2.05) is 25.1 Å². The van der Waals surface area contributed by atoms with Crippen molar-refractivity contribution in [2.75, 3.05) is 20.3 Å². The maximum absolute atomic E-state index is 13.1. The van der Waals surface area contributed by atoms with Gasteiger partial charge in [0.05, 0.1) is 19.8 Å². The molecule has 1 amide bonds. The Balaban J connectivity index is 1.52. The van der Waals surface area contributed by atoms with E-state index in [4.69, 9.17) is 9.47 Å². The molecule has 2 aliphatic rings. The fourth-order valence-corrected chi connectivity index (χ4v) is 4.99. The number of pyridine rings is 1. The van der Waals surface area contributed by atoms with E-state index in [1.165, 1.54) is 5.56 Å². The van der Waals surface area contributed by atoms with Crippen molar-refractivity contribution in [1.82, 2.24) is 9.88 Å². The molecule has 31 heavy (non-hydrogen) atoms. The number of rotatable bonds is 7. The number of carbonyl (C=O) groups is 1. The number of aromatic nitrogens is 1. The number of benzene rings is 1. The van der Waals surface area contributed by atoms with E-state index in [1.54, 1.807) is 17.9 Å². The minimum atomic E-state index is -0.288. The summed E-state index contributed by atoms with van der Waals surface area (Å²) < 4.78 is 12.6. The summed E-state index contributed by atoms with van der Waals surface area (Å²) in [6.45, 7) is 3.58. The normalized spacial score (nSPS) is 20.0. The van der Waals surface area contributed by atoms with Gasteiger partial charge in [0.15, 0.2) is 0 Å². The molecule has 0 radical (unpaired) electrons. The molecule has 1 aliphatic carbocycles. The van der Waals surface area contributed by atoms with Crippen LogP contribution in [0.25, 0.3) is 0 Å². The molecule has 1 saturated carbocycles. The van der Waals surface area contributed by atoms with E-state index in [2.05, 4.69) is 17.4 Å². The van der Waals surface area contributed by atoms with Gasteiger partial charge in [0.1, 0.15) is 11.3 Å². The molecule has 4 rings (SSSR count). The maximum atomic E-state index is 13.1. The summed E-state index contributed by atoms with van der Waals surface area (Å²) in [6.07, 6.45) is 8.12. The second kappa shape index (κ2) is 9.27. The van der Waals surface area contributed by atoms with Gasteiger partial charge in [-0.3, -0.25) is 9.59 Å². The SMILES string of the molecule is COc1ccc(C2(CNC(=O)c3c(C)ccn(CC4CCCO4)c3=O)CCCC2)cc1. The van der Waals surface area contributed by atoms with E-state index in [0.717, 1.165) is 50.9 Å². The third kappa shape index (κ3) is 4.54. The average Bonchev–Trinajstić information content (AvgIpc) is 3.47. The molecule has 1 unspecified atom stereocenters. The number of carbonyl (C=O) groups excluding carboxylic acids is 1. The molecule has 1 atom stereocenters. The molecule has 1 aliphatic heterocycles. The molecular weight excluding hydrogens is 392 g/mol. The predicted molar refractivity (Wildman–Crippen MR) is 120 cm³/mol. The monoisotopic (exact) mass is 424 g/mol. The van der Waals surface area contributed by atoms with Crippen molar-refractivity contribution in [3.8, 4) is 5.75 Å². The van der Waals surface area contributed by atoms with Gasteiger partial charge in [-0.25, -0.2) is 0 Å². The van der Waals surface area contributed by atoms with Gasteiger partial charge in [-0.05, 0) is 61.9 Å². The molecule has 166 valence electrons. The van der Waals surface area contributed by atoms with Gasteiger partial charge in [-0.1, -0.05) is 25.0 Å². The minimum Gasteiger partial charge on any atom is -0.497 e. The zero-order valence-electron chi connectivity index (χ0n) is 18.5. The third-order valence-corrected chi connectivity index (χ3v) is 6.88. The zero-order chi connectivity index (χ0) is 21.8. The van der Waals surface area contributed by atoms with Crippen molar-refractivity contribution in [1.29, 1.82) is 0 Å². The van der Waals surface area contributed by atoms with Gasteiger partial charge in [-0.15, -0.1) is 0 Å². The Labute approximate surface area is 183 Å². The van der Waals surface area contributed by atoms with Gasteiger partial charge in [0.25, 0.3) is 11.5 Å². The van der Waals surface area contributed by atoms with Crippen LogP contribution in [0.3, 0.4) is 0 Å². The Morgan fingerprint density at radius 1 is 1.19 bits per heavy atom. The third-order valence-electron chi connectivity index (χ3n) is 6.88. The number of aryl methyl sites for hydroxylation is 1. The molecule has 1 aromatic heterocycles. The summed E-state index contributed by atoms with van der Waals surface area (Å²) in [5, 5.41) is 3.10. The highest BCUT2D eigenvalue weighted by Crippen LogP contribution is 2.41. The first-order chi connectivity index (χ1) is 15.0. The first-order valence-electron chi connectivity index (χ1n) is 11.3. The lowest BCUT2D eigenvalue weighted by Crippen LogP contribution is -2.42. The average molecular weight is 425 g/mol. The molecule has 1 saturated heterocycles. The van der Waals surface area contributed by atoms with Crippen molar-refractivity contribution in [3.05, 3.63) is 63.6 Å². The number of hydrogen-bond acceptors (Lipinski definition) is 4. The molecule has 2 fully saturated rings. The van der Waals surface area contributed by atoms with E-state index >= 15 is 0 Å². The molecule has 2 aromatic rings. The van der Waals surface area contributed by atoms with E-state index < -0.39 is 0 Å². The molecule has 2 heterocycles. The van der Waals surface area contributed by atoms with Crippen LogP contribution in [0, 0.1) is 6.92 Å². The summed E-state index contributed by atoms with van der Waals surface area (Å²) in [7, 11) is 1.66. The Hall–Kier alpha value is -2.60. The van der Waals surface area contributed by atoms with E-state index in [0.29, 0.717) is 18.7 Å².